The Kier molecular flexibility index (Phi) is 5.04. The lowest BCUT2D eigenvalue weighted by Gasteiger charge is -2.27. The molecule has 0 N–H and O–H groups in total. The Bertz CT molecular complexity index is 780. The number of ether oxygens (including phenoxy) is 1. The summed E-state index contributed by atoms with van der Waals surface area (Å²) in [6, 6.07) is 4.02. The first kappa shape index (κ1) is 18.5. The van der Waals surface area contributed by atoms with Crippen molar-refractivity contribution in [1.82, 2.24) is 0 Å². The van der Waals surface area contributed by atoms with Crippen molar-refractivity contribution in [3.63, 3.8) is 0 Å². The topological polar surface area (TPSA) is 59.0 Å². The fourth-order valence-corrected chi connectivity index (χ4v) is 5.85. The highest BCUT2D eigenvalue weighted by atomic mass is 32.2. The molecule has 2 aliphatic rings. The van der Waals surface area contributed by atoms with Crippen LogP contribution in [0.15, 0.2) is 29.3 Å². The van der Waals surface area contributed by atoms with Crippen molar-refractivity contribution >= 4 is 32.5 Å². The fraction of sp³-hybridized carbons (Fsp3) is 0.533. The smallest absolute Gasteiger partial charge is 0.384 e. The number of hydrogen-bond donors (Lipinski definition) is 0. The van der Waals surface area contributed by atoms with Crippen LogP contribution in [-0.2, 0) is 20.8 Å². The van der Waals surface area contributed by atoms with Gasteiger partial charge >= 0.3 is 6.18 Å². The number of sulfone groups is 1. The van der Waals surface area contributed by atoms with Gasteiger partial charge in [0.1, 0.15) is 0 Å². The van der Waals surface area contributed by atoms with E-state index >= 15 is 0 Å². The predicted octanol–water partition coefficient (Wildman–Crippen LogP) is 2.43. The molecule has 2 atom stereocenters. The van der Waals surface area contributed by atoms with Crippen molar-refractivity contribution in [3.05, 3.63) is 29.8 Å². The van der Waals surface area contributed by atoms with Gasteiger partial charge in [-0.15, -0.1) is 0 Å². The summed E-state index contributed by atoms with van der Waals surface area (Å²) >= 11 is 1.36. The Morgan fingerprint density at radius 2 is 2.12 bits per heavy atom. The number of nitrogens with zero attached hydrogens (tertiary/aromatic N) is 2. The number of halogens is 3. The monoisotopic (exact) mass is 394 g/mol. The molecule has 2 heterocycles. The van der Waals surface area contributed by atoms with Gasteiger partial charge in [-0.2, -0.15) is 13.2 Å². The lowest BCUT2D eigenvalue weighted by molar-refractivity contribution is -0.137. The molecule has 0 saturated carbocycles. The van der Waals surface area contributed by atoms with Crippen molar-refractivity contribution < 1.29 is 26.3 Å². The summed E-state index contributed by atoms with van der Waals surface area (Å²) < 4.78 is 67.9. The summed E-state index contributed by atoms with van der Waals surface area (Å²) in [6.07, 6.45) is -4.46. The first-order valence-electron chi connectivity index (χ1n) is 7.58. The van der Waals surface area contributed by atoms with E-state index < -0.39 is 33.7 Å². The van der Waals surface area contributed by atoms with E-state index in [-0.39, 0.29) is 11.5 Å². The molecule has 0 radical (unpaired) electrons. The second-order valence-electron chi connectivity index (χ2n) is 5.88. The molecule has 0 unspecified atom stereocenters. The van der Waals surface area contributed by atoms with Crippen LogP contribution in [0.4, 0.5) is 18.9 Å². The van der Waals surface area contributed by atoms with Crippen LogP contribution >= 0.6 is 11.8 Å². The van der Waals surface area contributed by atoms with Crippen LogP contribution in [0.3, 0.4) is 0 Å². The average Bonchev–Trinajstić information content (AvgIpc) is 2.98. The van der Waals surface area contributed by atoms with Gasteiger partial charge in [-0.25, -0.2) is 8.42 Å². The standard InChI is InChI=1S/C15H17F3N2O3S2/c1-23-5-6-24-14-19-12-8-25(21,22)9-13(12)20(14)11-4-2-3-10(7-11)15(16,17)18/h2-4,7,12-13H,5-6,8-9H2,1H3/t12-,13-/m0/s1. The van der Waals surface area contributed by atoms with E-state index in [9.17, 15) is 21.6 Å². The Labute approximate surface area is 148 Å². The number of alkyl halides is 3. The maximum atomic E-state index is 13.0. The van der Waals surface area contributed by atoms with E-state index in [0.717, 1.165) is 12.1 Å². The first-order valence-corrected chi connectivity index (χ1v) is 10.4. The number of rotatable bonds is 4. The highest BCUT2D eigenvalue weighted by Gasteiger charge is 2.47. The first-order chi connectivity index (χ1) is 11.7. The number of hydrogen-bond acceptors (Lipinski definition) is 6. The van der Waals surface area contributed by atoms with Gasteiger partial charge in [0.25, 0.3) is 0 Å². The van der Waals surface area contributed by atoms with Gasteiger partial charge in [0, 0.05) is 18.6 Å². The Balaban J connectivity index is 1.94. The van der Waals surface area contributed by atoms with Gasteiger partial charge in [0.05, 0.1) is 35.8 Å². The number of amidine groups is 1. The molecular formula is C15H17F3N2O3S2. The van der Waals surface area contributed by atoms with Crippen molar-refractivity contribution in [2.45, 2.75) is 18.3 Å². The van der Waals surface area contributed by atoms with Crippen LogP contribution in [0, 0.1) is 0 Å². The molecule has 0 amide bonds. The molecule has 1 saturated heterocycles. The number of methoxy groups -OCH3 is 1. The van der Waals surface area contributed by atoms with Crippen LogP contribution in [0.2, 0.25) is 0 Å². The molecule has 0 bridgehead atoms. The minimum Gasteiger partial charge on any atom is -0.384 e. The van der Waals surface area contributed by atoms with Crippen LogP contribution < -0.4 is 4.90 Å². The van der Waals surface area contributed by atoms with Gasteiger partial charge in [-0.05, 0) is 18.2 Å². The second kappa shape index (κ2) is 6.81. The maximum absolute atomic E-state index is 13.0. The zero-order chi connectivity index (χ0) is 18.2. The quantitative estimate of drug-likeness (QED) is 0.734. The number of aliphatic imine (C=N–C) groups is 1. The maximum Gasteiger partial charge on any atom is 0.416 e. The summed E-state index contributed by atoms with van der Waals surface area (Å²) in [7, 11) is -1.68. The van der Waals surface area contributed by atoms with Gasteiger partial charge in [0.15, 0.2) is 15.0 Å². The SMILES string of the molecule is COCCSC1=N[C@H]2CS(=O)(=O)C[C@@H]2N1c1cccc(C(F)(F)F)c1. The molecule has 0 aliphatic carbocycles. The van der Waals surface area contributed by atoms with E-state index in [0.29, 0.717) is 23.2 Å². The third-order valence-electron chi connectivity index (χ3n) is 4.08. The van der Waals surface area contributed by atoms with Crippen molar-refractivity contribution in [2.75, 3.05) is 35.9 Å². The molecule has 5 nitrogen and oxygen atoms in total. The zero-order valence-electron chi connectivity index (χ0n) is 13.4. The van der Waals surface area contributed by atoms with Crippen molar-refractivity contribution in [1.29, 1.82) is 0 Å². The lowest BCUT2D eigenvalue weighted by atomic mass is 10.1. The molecule has 10 heteroatoms. The molecule has 1 aromatic rings. The molecule has 2 aliphatic heterocycles. The molecule has 1 fully saturated rings. The third-order valence-corrected chi connectivity index (χ3v) is 6.71. The van der Waals surface area contributed by atoms with Crippen molar-refractivity contribution in [3.8, 4) is 0 Å². The average molecular weight is 394 g/mol. The molecular weight excluding hydrogens is 377 g/mol. The van der Waals surface area contributed by atoms with E-state index in [1.165, 1.54) is 17.8 Å². The minimum absolute atomic E-state index is 0.0680. The lowest BCUT2D eigenvalue weighted by Crippen LogP contribution is -2.39. The van der Waals surface area contributed by atoms with E-state index in [1.807, 2.05) is 0 Å². The normalized spacial score (nSPS) is 25.1. The zero-order valence-corrected chi connectivity index (χ0v) is 15.0. The summed E-state index contributed by atoms with van der Waals surface area (Å²) in [4.78, 5) is 6.09. The van der Waals surface area contributed by atoms with Gasteiger partial charge in [-0.3, -0.25) is 4.99 Å². The minimum atomic E-state index is -4.46. The van der Waals surface area contributed by atoms with Crippen LogP contribution in [0.25, 0.3) is 0 Å². The fourth-order valence-electron chi connectivity index (χ4n) is 2.98. The summed E-state index contributed by atoms with van der Waals surface area (Å²) in [5.41, 5.74) is -0.460. The summed E-state index contributed by atoms with van der Waals surface area (Å²) in [6.45, 7) is 0.466. The second-order valence-corrected chi connectivity index (χ2v) is 9.10. The van der Waals surface area contributed by atoms with Gasteiger partial charge < -0.3 is 9.64 Å². The van der Waals surface area contributed by atoms with E-state index in [1.54, 1.807) is 18.1 Å². The van der Waals surface area contributed by atoms with Gasteiger partial charge in [-0.1, -0.05) is 17.8 Å². The molecule has 3 rings (SSSR count). The predicted molar refractivity (Wildman–Crippen MR) is 91.9 cm³/mol. The van der Waals surface area contributed by atoms with Gasteiger partial charge in [0.2, 0.25) is 0 Å². The number of benzene rings is 1. The molecule has 0 spiro atoms. The molecule has 0 aromatic heterocycles. The Hall–Kier alpha value is -1.26. The number of anilines is 1. The van der Waals surface area contributed by atoms with Crippen molar-refractivity contribution in [2.24, 2.45) is 4.99 Å². The highest BCUT2D eigenvalue weighted by molar-refractivity contribution is 8.14. The molecule has 138 valence electrons. The van der Waals surface area contributed by atoms with Crippen LogP contribution in [0.1, 0.15) is 5.56 Å². The summed E-state index contributed by atoms with van der Waals surface area (Å²) in [5, 5.41) is 0.543. The van der Waals surface area contributed by atoms with Crippen LogP contribution in [-0.4, -0.2) is 56.6 Å². The largest absolute Gasteiger partial charge is 0.416 e. The number of fused-ring (bicyclic) bond motifs is 1. The number of thioether (sulfide) groups is 1. The molecule has 1 aromatic carbocycles. The highest BCUT2D eigenvalue weighted by Crippen LogP contribution is 2.37. The Morgan fingerprint density at radius 3 is 2.80 bits per heavy atom. The third kappa shape index (κ3) is 3.95. The summed E-state index contributed by atoms with van der Waals surface area (Å²) in [5.74, 6) is 0.407. The molecule has 25 heavy (non-hydrogen) atoms. The van der Waals surface area contributed by atoms with E-state index in [4.69, 9.17) is 4.74 Å². The Morgan fingerprint density at radius 1 is 1.36 bits per heavy atom. The van der Waals surface area contributed by atoms with E-state index in [2.05, 4.69) is 4.99 Å². The van der Waals surface area contributed by atoms with Crippen LogP contribution in [0.5, 0.6) is 0 Å².